The summed E-state index contributed by atoms with van der Waals surface area (Å²) in [6, 6.07) is 4.40. The molecule has 0 fully saturated rings. The van der Waals surface area contributed by atoms with Crippen molar-refractivity contribution in [2.24, 2.45) is 0 Å². The van der Waals surface area contributed by atoms with Gasteiger partial charge in [-0.3, -0.25) is 14.3 Å². The van der Waals surface area contributed by atoms with E-state index in [0.29, 0.717) is 17.4 Å². The van der Waals surface area contributed by atoms with E-state index in [1.165, 1.54) is 17.7 Å². The van der Waals surface area contributed by atoms with Gasteiger partial charge in [0, 0.05) is 13.1 Å². The van der Waals surface area contributed by atoms with Crippen LogP contribution in [0.5, 0.6) is 0 Å². The Morgan fingerprint density at radius 2 is 1.97 bits per heavy atom. The number of benzene rings is 1. The minimum atomic E-state index is -0.398. The quantitative estimate of drug-likeness (QED) is 0.385. The van der Waals surface area contributed by atoms with Crippen molar-refractivity contribution in [2.45, 2.75) is 85.7 Å². The summed E-state index contributed by atoms with van der Waals surface area (Å²) in [6.45, 7) is 13.2. The van der Waals surface area contributed by atoms with Crippen LogP contribution in [0.1, 0.15) is 85.0 Å². The Hall–Kier alpha value is -2.01. The van der Waals surface area contributed by atoms with E-state index in [1.54, 1.807) is 10.6 Å². The summed E-state index contributed by atoms with van der Waals surface area (Å²) in [7, 11) is 0. The molecule has 0 unspecified atom stereocenters. The van der Waals surface area contributed by atoms with Crippen LogP contribution in [0.25, 0.3) is 10.9 Å². The van der Waals surface area contributed by atoms with E-state index in [9.17, 15) is 9.18 Å². The molecule has 1 aromatic heterocycles. The molecule has 4 nitrogen and oxygen atoms in total. The number of allylic oxidation sites excluding steroid dienone is 1. The molecule has 1 aromatic carbocycles. The van der Waals surface area contributed by atoms with Gasteiger partial charge in [-0.15, -0.1) is 0 Å². The van der Waals surface area contributed by atoms with Crippen LogP contribution in [0.2, 0.25) is 0 Å². The third kappa shape index (κ3) is 6.00. The van der Waals surface area contributed by atoms with Crippen molar-refractivity contribution in [1.29, 1.82) is 0 Å². The lowest BCUT2D eigenvalue weighted by molar-refractivity contribution is 0.173. The molecule has 0 saturated carbocycles. The number of rotatable bonds is 12. The first-order valence-corrected chi connectivity index (χ1v) is 11.6. The van der Waals surface area contributed by atoms with Gasteiger partial charge in [-0.05, 0) is 64.3 Å². The Morgan fingerprint density at radius 1 is 1.20 bits per heavy atom. The molecular formula is C25H38FN3O. The maximum Gasteiger partial charge on any atom is 0.261 e. The predicted octanol–water partition coefficient (Wildman–Crippen LogP) is 6.25. The third-order valence-corrected chi connectivity index (χ3v) is 5.71. The lowest BCUT2D eigenvalue weighted by atomic mass is 10.1. The van der Waals surface area contributed by atoms with Gasteiger partial charge in [0.05, 0.1) is 16.9 Å². The number of hydrogen-bond donors (Lipinski definition) is 0. The Bertz CT molecular complexity index is 903. The van der Waals surface area contributed by atoms with E-state index in [-0.39, 0.29) is 11.6 Å². The molecule has 0 radical (unpaired) electrons. The Morgan fingerprint density at radius 3 is 2.60 bits per heavy atom. The molecule has 0 amide bonds. The first-order chi connectivity index (χ1) is 14.5. The molecule has 166 valence electrons. The largest absolute Gasteiger partial charge is 0.295 e. The van der Waals surface area contributed by atoms with Crippen molar-refractivity contribution in [3.8, 4) is 0 Å². The maximum absolute atomic E-state index is 13.7. The van der Waals surface area contributed by atoms with E-state index in [0.717, 1.165) is 57.4 Å². The predicted molar refractivity (Wildman–Crippen MR) is 124 cm³/mol. The standard InChI is InChI=1S/C25H38FN3O/c1-6-10-16-28(17-15-19(5)11-7-2)23(12-8-3)24-27-22-14-13-20(26)18-21(22)25(30)29(24)9-4/h11,13-14,18,23H,6-10,12,15-17H2,1-5H3/b19-11-/t23-/m1/s1. The number of fused-ring (bicyclic) bond motifs is 1. The van der Waals surface area contributed by atoms with Crippen LogP contribution in [0, 0.1) is 5.82 Å². The van der Waals surface area contributed by atoms with Crippen LogP contribution >= 0.6 is 0 Å². The number of aromatic nitrogens is 2. The first kappa shape index (κ1) is 24.3. The SMILES string of the molecule is CC/C=C(/C)CCN(CCCC)[C@H](CCC)c1nc2ccc(F)cc2c(=O)n1CC. The average Bonchev–Trinajstić information content (AvgIpc) is 2.73. The molecule has 1 heterocycles. The Labute approximate surface area is 180 Å². The van der Waals surface area contributed by atoms with Crippen molar-refractivity contribution in [1.82, 2.24) is 14.5 Å². The van der Waals surface area contributed by atoms with Crippen molar-refractivity contribution in [2.75, 3.05) is 13.1 Å². The molecule has 1 atom stereocenters. The second-order valence-corrected chi connectivity index (χ2v) is 8.08. The highest BCUT2D eigenvalue weighted by Gasteiger charge is 2.25. The third-order valence-electron chi connectivity index (χ3n) is 5.71. The van der Waals surface area contributed by atoms with Gasteiger partial charge < -0.3 is 0 Å². The van der Waals surface area contributed by atoms with Crippen LogP contribution in [-0.4, -0.2) is 27.5 Å². The van der Waals surface area contributed by atoms with Crippen molar-refractivity contribution in [3.05, 3.63) is 51.8 Å². The molecule has 0 bridgehead atoms. The van der Waals surface area contributed by atoms with E-state index in [1.807, 2.05) is 6.92 Å². The highest BCUT2D eigenvalue weighted by atomic mass is 19.1. The molecule has 0 aliphatic heterocycles. The van der Waals surface area contributed by atoms with Crippen molar-refractivity contribution in [3.63, 3.8) is 0 Å². The van der Waals surface area contributed by atoms with Crippen LogP contribution in [0.3, 0.4) is 0 Å². The topological polar surface area (TPSA) is 38.1 Å². The van der Waals surface area contributed by atoms with Gasteiger partial charge in [0.15, 0.2) is 0 Å². The van der Waals surface area contributed by atoms with Crippen LogP contribution in [0.15, 0.2) is 34.6 Å². The summed E-state index contributed by atoms with van der Waals surface area (Å²) in [5.41, 5.74) is 1.85. The smallest absolute Gasteiger partial charge is 0.261 e. The van der Waals surface area contributed by atoms with Gasteiger partial charge in [-0.25, -0.2) is 9.37 Å². The zero-order chi connectivity index (χ0) is 22.1. The Kier molecular flexibility index (Phi) is 9.70. The van der Waals surface area contributed by atoms with Crippen molar-refractivity contribution < 1.29 is 4.39 Å². The lowest BCUT2D eigenvalue weighted by Crippen LogP contribution is -2.36. The summed E-state index contributed by atoms with van der Waals surface area (Å²) < 4.78 is 15.5. The van der Waals surface area contributed by atoms with E-state index >= 15 is 0 Å². The zero-order valence-corrected chi connectivity index (χ0v) is 19.4. The highest BCUT2D eigenvalue weighted by Crippen LogP contribution is 2.27. The molecule has 0 spiro atoms. The monoisotopic (exact) mass is 415 g/mol. The molecular weight excluding hydrogens is 377 g/mol. The number of halogens is 1. The van der Waals surface area contributed by atoms with Gasteiger partial charge in [-0.2, -0.15) is 0 Å². The van der Waals surface area contributed by atoms with Gasteiger partial charge in [-0.1, -0.05) is 45.3 Å². The molecule has 5 heteroatoms. The number of unbranched alkanes of at least 4 members (excludes halogenated alkanes) is 1. The average molecular weight is 416 g/mol. The lowest BCUT2D eigenvalue weighted by Gasteiger charge is -2.33. The molecule has 30 heavy (non-hydrogen) atoms. The molecule has 0 N–H and O–H groups in total. The normalized spacial score (nSPS) is 13.4. The van der Waals surface area contributed by atoms with E-state index in [2.05, 4.69) is 38.7 Å². The van der Waals surface area contributed by atoms with Gasteiger partial charge in [0.2, 0.25) is 0 Å². The fraction of sp³-hybridized carbons (Fsp3) is 0.600. The fourth-order valence-electron chi connectivity index (χ4n) is 4.07. The Balaban J connectivity index is 2.53. The first-order valence-electron chi connectivity index (χ1n) is 11.6. The van der Waals surface area contributed by atoms with Crippen LogP contribution < -0.4 is 5.56 Å². The number of hydrogen-bond acceptors (Lipinski definition) is 3. The second-order valence-electron chi connectivity index (χ2n) is 8.08. The highest BCUT2D eigenvalue weighted by molar-refractivity contribution is 5.77. The van der Waals surface area contributed by atoms with E-state index < -0.39 is 5.82 Å². The minimum absolute atomic E-state index is 0.0816. The van der Waals surface area contributed by atoms with Crippen LogP contribution in [0.4, 0.5) is 4.39 Å². The summed E-state index contributed by atoms with van der Waals surface area (Å²) in [4.78, 5) is 20.6. The molecule has 2 aromatic rings. The molecule has 0 aliphatic rings. The van der Waals surface area contributed by atoms with Crippen molar-refractivity contribution >= 4 is 10.9 Å². The van der Waals surface area contributed by atoms with Gasteiger partial charge >= 0.3 is 0 Å². The summed E-state index contributed by atoms with van der Waals surface area (Å²) >= 11 is 0. The van der Waals surface area contributed by atoms with Gasteiger partial charge in [0.1, 0.15) is 11.6 Å². The summed E-state index contributed by atoms with van der Waals surface area (Å²) in [5, 5.41) is 0.359. The second kappa shape index (κ2) is 12.0. The molecule has 0 saturated heterocycles. The summed E-state index contributed by atoms with van der Waals surface area (Å²) in [5.74, 6) is 0.418. The minimum Gasteiger partial charge on any atom is -0.295 e. The maximum atomic E-state index is 13.7. The zero-order valence-electron chi connectivity index (χ0n) is 19.4. The van der Waals surface area contributed by atoms with Crippen LogP contribution in [-0.2, 0) is 6.54 Å². The summed E-state index contributed by atoms with van der Waals surface area (Å²) in [6.07, 6.45) is 8.56. The van der Waals surface area contributed by atoms with E-state index in [4.69, 9.17) is 4.98 Å². The fourth-order valence-corrected chi connectivity index (χ4v) is 4.07. The number of nitrogens with zero attached hydrogens (tertiary/aromatic N) is 3. The molecule has 2 rings (SSSR count). The van der Waals surface area contributed by atoms with Gasteiger partial charge in [0.25, 0.3) is 5.56 Å². The molecule has 0 aliphatic carbocycles.